The molecule has 3 nitrogen and oxygen atoms in total. The molecule has 0 N–H and O–H groups in total. The summed E-state index contributed by atoms with van der Waals surface area (Å²) in [5.41, 5.74) is 14.5. The normalized spacial score (nSPS) is 10.9. The summed E-state index contributed by atoms with van der Waals surface area (Å²) in [7, 11) is 0. The Morgan fingerprint density at radius 2 is 1.20 bits per heavy atom. The molecule has 3 aromatic heterocycles. The molecule has 0 atom stereocenters. The standard InChI is InChI=1S/C44H29N2S.C11H8N.Ir/c1-29-24-36(31-13-4-2-5-14-31)43(37(25-29)32-15-6-3-7-16-32)46-41-19-11-10-18-40(41)45-44(46)39-28-47-42-23-22-35(27-38(39)42)34-21-20-30-12-8-9-17-33(30)26-34;1-2-6-10(7-3-1)11-8-4-5-9-12-11;/h2-27H,1H3;1-6,8-9H;/q2*-1;. The molecule has 1 radical (unpaired) electrons. The maximum absolute atomic E-state index is 5.36. The number of aryl methyl sites for hydroxylation is 1. The van der Waals surface area contributed by atoms with Crippen LogP contribution in [0.2, 0.25) is 0 Å². The van der Waals surface area contributed by atoms with E-state index in [0.717, 1.165) is 44.8 Å². The van der Waals surface area contributed by atoms with Crippen molar-refractivity contribution in [1.29, 1.82) is 0 Å². The second kappa shape index (κ2) is 17.2. The monoisotopic (exact) mass is 964 g/mol. The Morgan fingerprint density at radius 3 is 1.92 bits per heavy atom. The summed E-state index contributed by atoms with van der Waals surface area (Å²) in [5, 5.41) is 7.35. The first-order valence-electron chi connectivity index (χ1n) is 19.7. The van der Waals surface area contributed by atoms with Gasteiger partial charge in [0.2, 0.25) is 0 Å². The molecular weight excluding hydrogens is 927 g/mol. The van der Waals surface area contributed by atoms with Crippen LogP contribution in [-0.2, 0) is 20.1 Å². The smallest absolute Gasteiger partial charge is 0.0774 e. The number of pyridine rings is 1. The van der Waals surface area contributed by atoms with Gasteiger partial charge in [-0.15, -0.1) is 41.3 Å². The van der Waals surface area contributed by atoms with E-state index in [2.05, 4.69) is 186 Å². The molecule has 3 heterocycles. The molecule has 8 aromatic carbocycles. The Labute approximate surface area is 367 Å². The van der Waals surface area contributed by atoms with Crippen LogP contribution < -0.4 is 0 Å². The van der Waals surface area contributed by atoms with Crippen LogP contribution in [0.1, 0.15) is 5.56 Å². The molecule has 0 unspecified atom stereocenters. The van der Waals surface area contributed by atoms with E-state index in [0.29, 0.717) is 0 Å². The number of rotatable bonds is 6. The van der Waals surface area contributed by atoms with Gasteiger partial charge >= 0.3 is 0 Å². The summed E-state index contributed by atoms with van der Waals surface area (Å²) in [5.74, 6) is 0.895. The topological polar surface area (TPSA) is 30.7 Å². The summed E-state index contributed by atoms with van der Waals surface area (Å²) in [6, 6.07) is 73.4. The van der Waals surface area contributed by atoms with E-state index in [1.165, 1.54) is 54.4 Å². The minimum absolute atomic E-state index is 0. The number of aromatic nitrogens is 3. The number of benzene rings is 8. The maximum Gasteiger partial charge on any atom is 0.0774 e. The zero-order valence-electron chi connectivity index (χ0n) is 32.7. The van der Waals surface area contributed by atoms with Crippen LogP contribution in [0.3, 0.4) is 0 Å². The van der Waals surface area contributed by atoms with Gasteiger partial charge in [0.15, 0.2) is 0 Å². The van der Waals surface area contributed by atoms with Gasteiger partial charge in [0.25, 0.3) is 0 Å². The molecule has 0 saturated heterocycles. The van der Waals surface area contributed by atoms with Gasteiger partial charge in [0.1, 0.15) is 0 Å². The van der Waals surface area contributed by atoms with Gasteiger partial charge < -0.3 is 9.55 Å². The Kier molecular flexibility index (Phi) is 11.1. The van der Waals surface area contributed by atoms with E-state index in [9.17, 15) is 0 Å². The van der Waals surface area contributed by atoms with E-state index >= 15 is 0 Å². The Balaban J connectivity index is 0.000000306. The molecular formula is C55H37IrN3S-2. The quantitative estimate of drug-likeness (QED) is 0.156. The van der Waals surface area contributed by atoms with E-state index in [1.54, 1.807) is 17.5 Å². The first-order chi connectivity index (χ1) is 29.2. The molecule has 0 aliphatic carbocycles. The fraction of sp³-hybridized carbons (Fsp3) is 0.0182. The summed E-state index contributed by atoms with van der Waals surface area (Å²) in [4.78, 5) is 9.57. The van der Waals surface area contributed by atoms with Gasteiger partial charge in [-0.1, -0.05) is 155 Å². The molecule has 0 spiro atoms. The van der Waals surface area contributed by atoms with Crippen LogP contribution >= 0.6 is 11.3 Å². The third kappa shape index (κ3) is 7.63. The van der Waals surface area contributed by atoms with Crippen LogP contribution in [-0.4, -0.2) is 14.5 Å². The van der Waals surface area contributed by atoms with Crippen molar-refractivity contribution in [2.45, 2.75) is 6.92 Å². The molecule has 60 heavy (non-hydrogen) atoms. The van der Waals surface area contributed by atoms with Gasteiger partial charge in [-0.3, -0.25) is 16.3 Å². The van der Waals surface area contributed by atoms with Crippen molar-refractivity contribution < 1.29 is 20.1 Å². The van der Waals surface area contributed by atoms with Crippen molar-refractivity contribution in [1.82, 2.24) is 14.5 Å². The summed E-state index contributed by atoms with van der Waals surface area (Å²) >= 11 is 1.65. The number of fused-ring (bicyclic) bond motifs is 3. The summed E-state index contributed by atoms with van der Waals surface area (Å²) in [6.45, 7) is 2.18. The molecule has 0 saturated carbocycles. The summed E-state index contributed by atoms with van der Waals surface area (Å²) < 4.78 is 3.57. The number of hydrogen-bond donors (Lipinski definition) is 0. The first kappa shape index (κ1) is 38.8. The predicted octanol–water partition coefficient (Wildman–Crippen LogP) is 14.7. The Bertz CT molecular complexity index is 3110. The molecule has 289 valence electrons. The van der Waals surface area contributed by atoms with E-state index in [1.807, 2.05) is 42.5 Å². The summed E-state index contributed by atoms with van der Waals surface area (Å²) in [6.07, 6.45) is 1.79. The van der Waals surface area contributed by atoms with E-state index in [4.69, 9.17) is 4.98 Å². The predicted molar refractivity (Wildman–Crippen MR) is 248 cm³/mol. The SMILES string of the molecule is Cc1cc(-c2ccccc2)c(-n2c(-c3[c-]sc4ccc(-c5ccc6ccccc6c5)cc34)nc3ccccc32)c(-c2ccccc2)c1.[Ir].[c-]1ccccc1-c1ccccn1. The van der Waals surface area contributed by atoms with Crippen molar-refractivity contribution in [2.24, 2.45) is 0 Å². The second-order valence-corrected chi connectivity index (χ2v) is 15.4. The second-order valence-electron chi connectivity index (χ2n) is 14.5. The van der Waals surface area contributed by atoms with Crippen molar-refractivity contribution >= 4 is 43.2 Å². The van der Waals surface area contributed by atoms with Crippen LogP contribution in [0.15, 0.2) is 206 Å². The number of imidazole rings is 1. The molecule has 0 aliphatic rings. The molecule has 11 aromatic rings. The molecule has 5 heteroatoms. The minimum atomic E-state index is 0. The van der Waals surface area contributed by atoms with Gasteiger partial charge in [0.05, 0.1) is 22.5 Å². The largest absolute Gasteiger partial charge is 0.332 e. The molecule has 0 bridgehead atoms. The molecule has 0 fully saturated rings. The number of para-hydroxylation sites is 2. The first-order valence-corrected chi connectivity index (χ1v) is 20.5. The zero-order valence-corrected chi connectivity index (χ0v) is 35.9. The van der Waals surface area contributed by atoms with Crippen molar-refractivity contribution in [2.75, 3.05) is 0 Å². The number of hydrogen-bond acceptors (Lipinski definition) is 3. The van der Waals surface area contributed by atoms with Gasteiger partial charge in [-0.2, -0.15) is 0 Å². The number of nitrogens with zero attached hydrogens (tertiary/aromatic N) is 3. The van der Waals surface area contributed by atoms with Crippen molar-refractivity contribution in [3.63, 3.8) is 0 Å². The minimum Gasteiger partial charge on any atom is -0.332 e. The van der Waals surface area contributed by atoms with E-state index < -0.39 is 0 Å². The Morgan fingerprint density at radius 1 is 0.550 bits per heavy atom. The van der Waals surface area contributed by atoms with Gasteiger partial charge in [-0.05, 0) is 87.6 Å². The van der Waals surface area contributed by atoms with Crippen molar-refractivity contribution in [3.8, 4) is 61.7 Å². The number of thiophene rings is 1. The maximum atomic E-state index is 5.36. The fourth-order valence-electron chi connectivity index (χ4n) is 7.88. The van der Waals surface area contributed by atoms with Crippen LogP contribution in [0.25, 0.3) is 93.6 Å². The zero-order chi connectivity index (χ0) is 39.5. The molecule has 0 amide bonds. The fourth-order valence-corrected chi connectivity index (χ4v) is 8.70. The Hall–Kier alpha value is -6.75. The third-order valence-electron chi connectivity index (χ3n) is 10.7. The van der Waals surface area contributed by atoms with Crippen molar-refractivity contribution in [3.05, 3.63) is 223 Å². The molecule has 0 aliphatic heterocycles. The molecule has 11 rings (SSSR count). The average Bonchev–Trinajstić information content (AvgIpc) is 3.91. The average molecular weight is 964 g/mol. The van der Waals surface area contributed by atoms with E-state index in [-0.39, 0.29) is 20.1 Å². The van der Waals surface area contributed by atoms with Crippen LogP contribution in [0.5, 0.6) is 0 Å². The van der Waals surface area contributed by atoms with Gasteiger partial charge in [-0.25, -0.2) is 0 Å². The van der Waals surface area contributed by atoms with Gasteiger partial charge in [0, 0.05) is 37.4 Å². The van der Waals surface area contributed by atoms with Crippen LogP contribution in [0.4, 0.5) is 0 Å². The van der Waals surface area contributed by atoms with Crippen LogP contribution in [0, 0.1) is 18.4 Å². The third-order valence-corrected chi connectivity index (χ3v) is 11.6.